The lowest BCUT2D eigenvalue weighted by molar-refractivity contribution is 0.605. The van der Waals surface area contributed by atoms with Gasteiger partial charge in [-0.25, -0.2) is 4.39 Å². The second kappa shape index (κ2) is 4.58. The smallest absolute Gasteiger partial charge is 0.125 e. The van der Waals surface area contributed by atoms with E-state index in [9.17, 15) is 4.39 Å². The van der Waals surface area contributed by atoms with Gasteiger partial charge in [-0.1, -0.05) is 24.9 Å². The van der Waals surface area contributed by atoms with Gasteiger partial charge in [0.05, 0.1) is 0 Å². The van der Waals surface area contributed by atoms with Crippen molar-refractivity contribution in [1.82, 2.24) is 0 Å². The Kier molecular flexibility index (Phi) is 3.70. The molecule has 0 spiro atoms. The zero-order valence-corrected chi connectivity index (χ0v) is 8.31. The first kappa shape index (κ1) is 10.5. The third-order valence-electron chi connectivity index (χ3n) is 1.91. The van der Waals surface area contributed by atoms with Crippen LogP contribution in [0.2, 0.25) is 5.02 Å². The van der Waals surface area contributed by atoms with Gasteiger partial charge >= 0.3 is 0 Å². The number of nitrogens with two attached hydrogens (primary N) is 1. The summed E-state index contributed by atoms with van der Waals surface area (Å²) in [6.45, 7) is 2.04. The van der Waals surface area contributed by atoms with Gasteiger partial charge in [0.2, 0.25) is 0 Å². The summed E-state index contributed by atoms with van der Waals surface area (Å²) in [6, 6.07) is 4.32. The minimum absolute atomic E-state index is 0.113. The Bertz CT molecular complexity index is 268. The highest BCUT2D eigenvalue weighted by Crippen LogP contribution is 2.21. The molecule has 0 unspecified atom stereocenters. The summed E-state index contributed by atoms with van der Waals surface area (Å²) in [5.41, 5.74) is 6.59. The Morgan fingerprint density at radius 3 is 2.69 bits per heavy atom. The van der Waals surface area contributed by atoms with Crippen LogP contribution < -0.4 is 5.73 Å². The van der Waals surface area contributed by atoms with Crippen molar-refractivity contribution in [2.45, 2.75) is 25.8 Å². The molecule has 13 heavy (non-hydrogen) atoms. The summed E-state index contributed by atoms with van der Waals surface area (Å²) in [7, 11) is 0. The summed E-state index contributed by atoms with van der Waals surface area (Å²) >= 11 is 5.70. The van der Waals surface area contributed by atoms with Crippen molar-refractivity contribution < 1.29 is 4.39 Å². The van der Waals surface area contributed by atoms with Crippen molar-refractivity contribution in [3.8, 4) is 0 Å². The Morgan fingerprint density at radius 1 is 1.46 bits per heavy atom. The van der Waals surface area contributed by atoms with E-state index in [1.807, 2.05) is 6.92 Å². The van der Waals surface area contributed by atoms with E-state index in [1.165, 1.54) is 12.1 Å². The van der Waals surface area contributed by atoms with E-state index >= 15 is 0 Å². The average molecular weight is 202 g/mol. The maximum Gasteiger partial charge on any atom is 0.125 e. The second-order valence-corrected chi connectivity index (χ2v) is 3.53. The number of hydrogen-bond acceptors (Lipinski definition) is 1. The van der Waals surface area contributed by atoms with Crippen molar-refractivity contribution in [2.24, 2.45) is 5.73 Å². The van der Waals surface area contributed by atoms with Crippen LogP contribution in [0.25, 0.3) is 0 Å². The van der Waals surface area contributed by atoms with E-state index in [-0.39, 0.29) is 11.9 Å². The van der Waals surface area contributed by atoms with Crippen molar-refractivity contribution >= 4 is 11.6 Å². The molecular formula is C10H13ClFN. The molecule has 1 nitrogen and oxygen atoms in total. The molecule has 0 aliphatic carbocycles. The molecule has 0 heterocycles. The molecule has 1 rings (SSSR count). The maximum atomic E-state index is 12.9. The van der Waals surface area contributed by atoms with Gasteiger partial charge in [-0.2, -0.15) is 0 Å². The van der Waals surface area contributed by atoms with Gasteiger partial charge < -0.3 is 5.73 Å². The fourth-order valence-corrected chi connectivity index (χ4v) is 1.50. The first-order valence-electron chi connectivity index (χ1n) is 4.35. The van der Waals surface area contributed by atoms with E-state index in [1.54, 1.807) is 6.07 Å². The van der Waals surface area contributed by atoms with Crippen molar-refractivity contribution in [2.75, 3.05) is 0 Å². The van der Waals surface area contributed by atoms with Crippen LogP contribution in [0.5, 0.6) is 0 Å². The number of hydrogen-bond donors (Lipinski definition) is 1. The summed E-state index contributed by atoms with van der Waals surface area (Å²) in [6.07, 6.45) is 1.83. The molecule has 0 bridgehead atoms. The van der Waals surface area contributed by atoms with Crippen LogP contribution in [0.3, 0.4) is 0 Å². The lowest BCUT2D eigenvalue weighted by atomic mass is 10.0. The lowest BCUT2D eigenvalue weighted by Gasteiger charge is -2.10. The summed E-state index contributed by atoms with van der Waals surface area (Å²) in [5.74, 6) is -0.325. The highest BCUT2D eigenvalue weighted by Gasteiger charge is 2.06. The summed E-state index contributed by atoms with van der Waals surface area (Å²) in [4.78, 5) is 0. The van der Waals surface area contributed by atoms with Crippen molar-refractivity contribution in [3.63, 3.8) is 0 Å². The quantitative estimate of drug-likeness (QED) is 0.798. The monoisotopic (exact) mass is 201 g/mol. The van der Waals surface area contributed by atoms with Crippen LogP contribution in [0.15, 0.2) is 18.2 Å². The average Bonchev–Trinajstić information content (AvgIpc) is 2.03. The molecular weight excluding hydrogens is 189 g/mol. The van der Waals surface area contributed by atoms with Gasteiger partial charge in [0, 0.05) is 11.1 Å². The molecule has 0 saturated heterocycles. The molecule has 0 fully saturated rings. The van der Waals surface area contributed by atoms with Gasteiger partial charge in [0.15, 0.2) is 0 Å². The van der Waals surface area contributed by atoms with Crippen LogP contribution >= 0.6 is 11.6 Å². The first-order chi connectivity index (χ1) is 6.13. The topological polar surface area (TPSA) is 26.0 Å². The van der Waals surface area contributed by atoms with Crippen molar-refractivity contribution in [1.29, 1.82) is 0 Å². The van der Waals surface area contributed by atoms with Crippen LogP contribution in [-0.2, 0) is 0 Å². The SMILES string of the molecule is CCC[C@H](N)c1cc(F)cc(Cl)c1. The molecule has 0 aliphatic rings. The molecule has 0 saturated carbocycles. The predicted octanol–water partition coefficient (Wildman–Crippen LogP) is 3.28. The predicted molar refractivity (Wildman–Crippen MR) is 53.2 cm³/mol. The van der Waals surface area contributed by atoms with E-state index in [0.717, 1.165) is 18.4 Å². The van der Waals surface area contributed by atoms with Gasteiger partial charge in [-0.15, -0.1) is 0 Å². The molecule has 0 aliphatic heterocycles. The third kappa shape index (κ3) is 2.98. The Labute approximate surface area is 82.7 Å². The van der Waals surface area contributed by atoms with Crippen LogP contribution in [0, 0.1) is 5.82 Å². The Hall–Kier alpha value is -0.600. The van der Waals surface area contributed by atoms with Gasteiger partial charge in [0.25, 0.3) is 0 Å². The minimum Gasteiger partial charge on any atom is -0.324 e. The van der Waals surface area contributed by atoms with Gasteiger partial charge in [-0.3, -0.25) is 0 Å². The molecule has 2 N–H and O–H groups in total. The lowest BCUT2D eigenvalue weighted by Crippen LogP contribution is -2.09. The Morgan fingerprint density at radius 2 is 2.15 bits per heavy atom. The van der Waals surface area contributed by atoms with Crippen LogP contribution in [0.4, 0.5) is 4.39 Å². The molecule has 1 atom stereocenters. The molecule has 0 aromatic heterocycles. The molecule has 72 valence electrons. The number of halogens is 2. The van der Waals surface area contributed by atoms with E-state index < -0.39 is 0 Å². The zero-order valence-electron chi connectivity index (χ0n) is 7.56. The minimum atomic E-state index is -0.325. The molecule has 1 aromatic carbocycles. The fraction of sp³-hybridized carbons (Fsp3) is 0.400. The molecule has 0 radical (unpaired) electrons. The fourth-order valence-electron chi connectivity index (χ4n) is 1.27. The van der Waals surface area contributed by atoms with Crippen molar-refractivity contribution in [3.05, 3.63) is 34.6 Å². The van der Waals surface area contributed by atoms with Gasteiger partial charge in [0.1, 0.15) is 5.82 Å². The first-order valence-corrected chi connectivity index (χ1v) is 4.73. The van der Waals surface area contributed by atoms with E-state index in [4.69, 9.17) is 17.3 Å². The van der Waals surface area contributed by atoms with E-state index in [2.05, 4.69) is 0 Å². The van der Waals surface area contributed by atoms with Crippen LogP contribution in [-0.4, -0.2) is 0 Å². The summed E-state index contributed by atoms with van der Waals surface area (Å²) in [5, 5.41) is 0.404. The normalized spacial score (nSPS) is 12.9. The molecule has 0 amide bonds. The summed E-state index contributed by atoms with van der Waals surface area (Å²) < 4.78 is 12.9. The number of rotatable bonds is 3. The molecule has 3 heteroatoms. The Balaban J connectivity index is 2.87. The van der Waals surface area contributed by atoms with E-state index in [0.29, 0.717) is 5.02 Å². The highest BCUT2D eigenvalue weighted by atomic mass is 35.5. The highest BCUT2D eigenvalue weighted by molar-refractivity contribution is 6.30. The largest absolute Gasteiger partial charge is 0.324 e. The second-order valence-electron chi connectivity index (χ2n) is 3.10. The number of benzene rings is 1. The van der Waals surface area contributed by atoms with Crippen LogP contribution in [0.1, 0.15) is 31.4 Å². The standard InChI is InChI=1S/C10H13ClFN/c1-2-3-10(13)7-4-8(11)6-9(12)5-7/h4-6,10H,2-3,13H2,1H3/t10-/m0/s1. The third-order valence-corrected chi connectivity index (χ3v) is 2.13. The van der Waals surface area contributed by atoms with Gasteiger partial charge in [-0.05, 0) is 30.2 Å². The molecule has 1 aromatic rings. The zero-order chi connectivity index (χ0) is 9.84. The maximum absolute atomic E-state index is 12.9.